The van der Waals surface area contributed by atoms with Crippen LogP contribution in [-0.2, 0) is 0 Å². The molecule has 0 radical (unpaired) electrons. The van der Waals surface area contributed by atoms with Crippen molar-refractivity contribution in [3.8, 4) is 33.4 Å². The Kier molecular flexibility index (Phi) is 5.27. The zero-order chi connectivity index (χ0) is 28.3. The van der Waals surface area contributed by atoms with Gasteiger partial charge in [-0.25, -0.2) is 0 Å². The lowest BCUT2D eigenvalue weighted by molar-refractivity contribution is 0.669. The van der Waals surface area contributed by atoms with Crippen molar-refractivity contribution in [2.24, 2.45) is 0 Å². The Morgan fingerprint density at radius 1 is 0.279 bits per heavy atom. The van der Waals surface area contributed by atoms with Gasteiger partial charge in [0, 0.05) is 10.8 Å². The molecule has 9 rings (SSSR count). The van der Waals surface area contributed by atoms with E-state index in [9.17, 15) is 0 Å². The molecule has 0 fully saturated rings. The van der Waals surface area contributed by atoms with E-state index >= 15 is 0 Å². The van der Waals surface area contributed by atoms with Crippen LogP contribution in [0.5, 0.6) is 0 Å². The Bertz CT molecular complexity index is 2500. The number of rotatable bonds is 3. The minimum Gasteiger partial charge on any atom is -0.456 e. The molecule has 0 spiro atoms. The molecule has 0 N–H and O–H groups in total. The molecule has 0 aliphatic carbocycles. The predicted octanol–water partition coefficient (Wildman–Crippen LogP) is 12.0. The summed E-state index contributed by atoms with van der Waals surface area (Å²) in [5, 5.41) is 9.79. The number of furan rings is 1. The first kappa shape index (κ1) is 24.0. The minimum atomic E-state index is 0.915. The fourth-order valence-corrected chi connectivity index (χ4v) is 6.84. The molecule has 1 nitrogen and oxygen atoms in total. The van der Waals surface area contributed by atoms with E-state index in [1.165, 1.54) is 65.7 Å². The van der Waals surface area contributed by atoms with E-state index in [-0.39, 0.29) is 0 Å². The minimum absolute atomic E-state index is 0.915. The average molecular weight is 547 g/mol. The largest absolute Gasteiger partial charge is 0.456 e. The second-order valence-electron chi connectivity index (χ2n) is 11.3. The third-order valence-corrected chi connectivity index (χ3v) is 8.83. The van der Waals surface area contributed by atoms with Crippen LogP contribution >= 0.6 is 0 Å². The van der Waals surface area contributed by atoms with E-state index in [0.717, 1.165) is 21.9 Å². The number of hydrogen-bond donors (Lipinski definition) is 0. The van der Waals surface area contributed by atoms with Gasteiger partial charge in [-0.1, -0.05) is 127 Å². The van der Waals surface area contributed by atoms with Crippen LogP contribution < -0.4 is 0 Å². The fourth-order valence-electron chi connectivity index (χ4n) is 6.84. The summed E-state index contributed by atoms with van der Waals surface area (Å²) in [7, 11) is 0. The molecule has 0 bridgehead atoms. The molecule has 0 amide bonds. The second kappa shape index (κ2) is 9.44. The summed E-state index contributed by atoms with van der Waals surface area (Å²) in [4.78, 5) is 0. The molecule has 0 saturated heterocycles. The fraction of sp³-hybridized carbons (Fsp3) is 0. The normalized spacial score (nSPS) is 11.7. The molecule has 0 aliphatic rings. The van der Waals surface area contributed by atoms with Crippen molar-refractivity contribution in [2.75, 3.05) is 0 Å². The Morgan fingerprint density at radius 3 is 1.67 bits per heavy atom. The number of fused-ring (bicyclic) bond motifs is 6. The van der Waals surface area contributed by atoms with Crippen molar-refractivity contribution in [1.82, 2.24) is 0 Å². The molecule has 1 heteroatoms. The van der Waals surface area contributed by atoms with Gasteiger partial charge in [0.1, 0.15) is 11.2 Å². The third-order valence-electron chi connectivity index (χ3n) is 8.83. The van der Waals surface area contributed by atoms with Crippen molar-refractivity contribution in [2.45, 2.75) is 0 Å². The molecule has 0 atom stereocenters. The summed E-state index contributed by atoms with van der Waals surface area (Å²) < 4.78 is 6.20. The quantitative estimate of drug-likeness (QED) is 0.201. The zero-order valence-corrected chi connectivity index (χ0v) is 23.4. The average Bonchev–Trinajstić information content (AvgIpc) is 3.45. The Labute approximate surface area is 249 Å². The van der Waals surface area contributed by atoms with E-state index in [1.807, 2.05) is 12.1 Å². The van der Waals surface area contributed by atoms with Gasteiger partial charge in [0.05, 0.1) is 0 Å². The summed E-state index contributed by atoms with van der Waals surface area (Å²) in [5.41, 5.74) is 9.21. The van der Waals surface area contributed by atoms with Crippen LogP contribution in [0.3, 0.4) is 0 Å². The first-order valence-corrected chi connectivity index (χ1v) is 14.8. The van der Waals surface area contributed by atoms with Crippen LogP contribution in [0, 0.1) is 0 Å². The third kappa shape index (κ3) is 3.79. The maximum Gasteiger partial charge on any atom is 0.135 e. The van der Waals surface area contributed by atoms with Crippen molar-refractivity contribution < 1.29 is 4.42 Å². The monoisotopic (exact) mass is 546 g/mol. The van der Waals surface area contributed by atoms with Crippen LogP contribution in [-0.4, -0.2) is 0 Å². The van der Waals surface area contributed by atoms with Gasteiger partial charge in [0.2, 0.25) is 0 Å². The molecule has 8 aromatic carbocycles. The molecular weight excluding hydrogens is 520 g/mol. The molecule has 200 valence electrons. The van der Waals surface area contributed by atoms with Crippen molar-refractivity contribution in [3.63, 3.8) is 0 Å². The molecular formula is C42H26O. The maximum absolute atomic E-state index is 6.20. The number of hydrogen-bond acceptors (Lipinski definition) is 1. The standard InChI is InChI=1S/C42H26O/c1-2-10-27(11-3-1)30-20-22-36-38(25-30)42(31-19-18-28-12-4-5-13-29(28)24-31)35-16-7-6-15-34(35)41(36)32-21-23-40-37(26-32)33-14-8-9-17-39(33)43-40/h1-26H. The van der Waals surface area contributed by atoms with Gasteiger partial charge >= 0.3 is 0 Å². The van der Waals surface area contributed by atoms with E-state index in [1.54, 1.807) is 0 Å². The van der Waals surface area contributed by atoms with Crippen molar-refractivity contribution in [1.29, 1.82) is 0 Å². The first-order valence-electron chi connectivity index (χ1n) is 14.8. The summed E-state index contributed by atoms with van der Waals surface area (Å²) in [6.07, 6.45) is 0. The van der Waals surface area contributed by atoms with Crippen LogP contribution in [0.25, 0.3) is 87.6 Å². The highest BCUT2D eigenvalue weighted by Crippen LogP contribution is 2.46. The van der Waals surface area contributed by atoms with E-state index in [4.69, 9.17) is 4.42 Å². The van der Waals surface area contributed by atoms with Gasteiger partial charge in [-0.05, 0) is 96.0 Å². The highest BCUT2D eigenvalue weighted by molar-refractivity contribution is 6.23. The van der Waals surface area contributed by atoms with Gasteiger partial charge in [-0.2, -0.15) is 0 Å². The van der Waals surface area contributed by atoms with Crippen molar-refractivity contribution >= 4 is 54.3 Å². The highest BCUT2D eigenvalue weighted by Gasteiger charge is 2.19. The smallest absolute Gasteiger partial charge is 0.135 e. The lowest BCUT2D eigenvalue weighted by Crippen LogP contribution is -1.92. The molecule has 43 heavy (non-hydrogen) atoms. The van der Waals surface area contributed by atoms with Gasteiger partial charge in [0.25, 0.3) is 0 Å². The van der Waals surface area contributed by atoms with Gasteiger partial charge < -0.3 is 4.42 Å². The van der Waals surface area contributed by atoms with Crippen LogP contribution in [0.1, 0.15) is 0 Å². The maximum atomic E-state index is 6.20. The molecule has 1 aromatic heterocycles. The second-order valence-corrected chi connectivity index (χ2v) is 11.3. The van der Waals surface area contributed by atoms with E-state index in [2.05, 4.69) is 146 Å². The van der Waals surface area contributed by atoms with Gasteiger partial charge in [-0.3, -0.25) is 0 Å². The topological polar surface area (TPSA) is 13.1 Å². The molecule has 0 saturated carbocycles. The molecule has 9 aromatic rings. The first-order chi connectivity index (χ1) is 21.3. The van der Waals surface area contributed by atoms with E-state index < -0.39 is 0 Å². The predicted molar refractivity (Wildman–Crippen MR) is 183 cm³/mol. The Hall–Kier alpha value is -5.66. The van der Waals surface area contributed by atoms with Crippen molar-refractivity contribution in [3.05, 3.63) is 158 Å². The zero-order valence-electron chi connectivity index (χ0n) is 23.4. The summed E-state index contributed by atoms with van der Waals surface area (Å²) >= 11 is 0. The summed E-state index contributed by atoms with van der Waals surface area (Å²) in [5.74, 6) is 0. The Morgan fingerprint density at radius 2 is 0.837 bits per heavy atom. The SMILES string of the molecule is c1ccc(-c2ccc3c(-c4ccc5oc6ccccc6c5c4)c4ccccc4c(-c4ccc5ccccc5c4)c3c2)cc1. The lowest BCUT2D eigenvalue weighted by Gasteiger charge is -2.19. The van der Waals surface area contributed by atoms with Gasteiger partial charge in [0.15, 0.2) is 0 Å². The molecule has 0 unspecified atom stereocenters. The summed E-state index contributed by atoms with van der Waals surface area (Å²) in [6.45, 7) is 0. The molecule has 0 aliphatic heterocycles. The van der Waals surface area contributed by atoms with E-state index in [0.29, 0.717) is 0 Å². The van der Waals surface area contributed by atoms with Crippen LogP contribution in [0.15, 0.2) is 162 Å². The summed E-state index contributed by atoms with van der Waals surface area (Å²) in [6, 6.07) is 57.0. The Balaban J connectivity index is 1.41. The lowest BCUT2D eigenvalue weighted by atomic mass is 9.84. The van der Waals surface area contributed by atoms with Crippen LogP contribution in [0.2, 0.25) is 0 Å². The van der Waals surface area contributed by atoms with Gasteiger partial charge in [-0.15, -0.1) is 0 Å². The number of para-hydroxylation sites is 1. The highest BCUT2D eigenvalue weighted by atomic mass is 16.3. The van der Waals surface area contributed by atoms with Crippen LogP contribution in [0.4, 0.5) is 0 Å². The number of benzene rings is 8. The molecule has 1 heterocycles.